The van der Waals surface area contributed by atoms with Gasteiger partial charge >= 0.3 is 5.97 Å². The average molecular weight is 366 g/mol. The number of anilines is 1. The predicted molar refractivity (Wildman–Crippen MR) is 102 cm³/mol. The summed E-state index contributed by atoms with van der Waals surface area (Å²) in [6.07, 6.45) is 5.03. The molecule has 0 aliphatic rings. The summed E-state index contributed by atoms with van der Waals surface area (Å²) >= 11 is 0. The molecule has 0 unspecified atom stereocenters. The van der Waals surface area contributed by atoms with Crippen molar-refractivity contribution in [2.45, 2.75) is 33.8 Å². The Bertz CT molecular complexity index is 954. The minimum absolute atomic E-state index is 0.225. The molecule has 3 rings (SSSR count). The first kappa shape index (κ1) is 18.4. The summed E-state index contributed by atoms with van der Waals surface area (Å²) in [6.45, 7) is 7.06. The van der Waals surface area contributed by atoms with Crippen LogP contribution in [0, 0.1) is 13.8 Å². The fourth-order valence-corrected chi connectivity index (χ4v) is 2.88. The molecule has 0 saturated carbocycles. The molecular formula is C20H22N4O3. The Morgan fingerprint density at radius 3 is 2.48 bits per heavy atom. The number of esters is 1. The van der Waals surface area contributed by atoms with E-state index in [2.05, 4.69) is 15.3 Å². The topological polar surface area (TPSA) is 89.0 Å². The molecule has 1 amide bonds. The molecule has 0 spiro atoms. The van der Waals surface area contributed by atoms with Gasteiger partial charge in [0.05, 0.1) is 18.0 Å². The number of rotatable bonds is 5. The molecule has 1 aromatic carbocycles. The fraction of sp³-hybridized carbons (Fsp3) is 0.250. The van der Waals surface area contributed by atoms with E-state index >= 15 is 0 Å². The van der Waals surface area contributed by atoms with Gasteiger partial charge in [-0.05, 0) is 57.5 Å². The van der Waals surface area contributed by atoms with E-state index in [1.54, 1.807) is 40.2 Å². The van der Waals surface area contributed by atoms with Crippen LogP contribution in [0.25, 0.3) is 5.69 Å². The first-order chi connectivity index (χ1) is 12.9. The largest absolute Gasteiger partial charge is 0.459 e. The number of aryl methyl sites for hydroxylation is 1. The van der Waals surface area contributed by atoms with Gasteiger partial charge in [-0.3, -0.25) is 4.79 Å². The van der Waals surface area contributed by atoms with Crippen molar-refractivity contribution in [2.24, 2.45) is 0 Å². The van der Waals surface area contributed by atoms with Crippen molar-refractivity contribution in [2.75, 3.05) is 5.32 Å². The molecule has 7 nitrogen and oxygen atoms in total. The van der Waals surface area contributed by atoms with Gasteiger partial charge in [-0.1, -0.05) is 0 Å². The summed E-state index contributed by atoms with van der Waals surface area (Å²) in [7, 11) is 0. The number of aromatic amines is 1. The molecule has 2 heterocycles. The van der Waals surface area contributed by atoms with E-state index in [-0.39, 0.29) is 12.0 Å². The maximum Gasteiger partial charge on any atom is 0.340 e. The molecule has 0 bridgehead atoms. The number of nitrogens with one attached hydrogen (secondary N) is 2. The predicted octanol–water partition coefficient (Wildman–Crippen LogP) is 3.63. The van der Waals surface area contributed by atoms with Crippen LogP contribution in [-0.4, -0.2) is 32.5 Å². The van der Waals surface area contributed by atoms with E-state index in [4.69, 9.17) is 4.74 Å². The molecule has 0 atom stereocenters. The molecule has 3 aromatic rings. The Morgan fingerprint density at radius 2 is 1.89 bits per heavy atom. The Kier molecular flexibility index (Phi) is 5.12. The van der Waals surface area contributed by atoms with Crippen molar-refractivity contribution in [3.63, 3.8) is 0 Å². The third kappa shape index (κ3) is 3.92. The summed E-state index contributed by atoms with van der Waals surface area (Å²) < 4.78 is 7.13. The van der Waals surface area contributed by atoms with Crippen molar-refractivity contribution in [1.29, 1.82) is 0 Å². The monoisotopic (exact) mass is 366 g/mol. The van der Waals surface area contributed by atoms with Crippen molar-refractivity contribution in [1.82, 2.24) is 14.5 Å². The molecule has 7 heteroatoms. The zero-order valence-electron chi connectivity index (χ0n) is 15.7. The van der Waals surface area contributed by atoms with Crippen LogP contribution in [-0.2, 0) is 4.74 Å². The minimum Gasteiger partial charge on any atom is -0.459 e. The van der Waals surface area contributed by atoms with E-state index in [1.165, 1.54) is 0 Å². The molecule has 27 heavy (non-hydrogen) atoms. The number of imidazole rings is 1. The van der Waals surface area contributed by atoms with Gasteiger partial charge in [-0.25, -0.2) is 9.78 Å². The van der Waals surface area contributed by atoms with E-state index < -0.39 is 5.97 Å². The third-order valence-electron chi connectivity index (χ3n) is 4.14. The SMILES string of the molecule is Cc1[nH]c(C(=O)Nc2ccc(-n3ccnc3)cc2)c(C)c1C(=O)OC(C)C. The second kappa shape index (κ2) is 7.49. The zero-order valence-corrected chi connectivity index (χ0v) is 15.7. The van der Waals surface area contributed by atoms with Gasteiger partial charge in [0.15, 0.2) is 0 Å². The summed E-state index contributed by atoms with van der Waals surface area (Å²) in [6, 6.07) is 7.39. The number of hydrogen-bond acceptors (Lipinski definition) is 4. The molecule has 0 aliphatic heterocycles. The van der Waals surface area contributed by atoms with E-state index in [9.17, 15) is 9.59 Å². The second-order valence-corrected chi connectivity index (χ2v) is 6.55. The number of hydrogen-bond donors (Lipinski definition) is 2. The number of carbonyl (C=O) groups excluding carboxylic acids is 2. The maximum absolute atomic E-state index is 12.6. The summed E-state index contributed by atoms with van der Waals surface area (Å²) in [5.41, 5.74) is 3.54. The van der Waals surface area contributed by atoms with Gasteiger partial charge < -0.3 is 19.6 Å². The number of carbonyl (C=O) groups is 2. The van der Waals surface area contributed by atoms with E-state index in [0.29, 0.717) is 28.2 Å². The van der Waals surface area contributed by atoms with Gasteiger partial charge in [0.25, 0.3) is 5.91 Å². The highest BCUT2D eigenvalue weighted by atomic mass is 16.5. The van der Waals surface area contributed by atoms with Gasteiger partial charge in [-0.2, -0.15) is 0 Å². The maximum atomic E-state index is 12.6. The van der Waals surface area contributed by atoms with Gasteiger partial charge in [0.1, 0.15) is 5.69 Å². The summed E-state index contributed by atoms with van der Waals surface area (Å²) in [4.78, 5) is 31.9. The van der Waals surface area contributed by atoms with Crippen LogP contribution >= 0.6 is 0 Å². The minimum atomic E-state index is -0.431. The first-order valence-corrected chi connectivity index (χ1v) is 8.66. The fourth-order valence-electron chi connectivity index (χ4n) is 2.88. The van der Waals surface area contributed by atoms with Gasteiger partial charge in [0, 0.05) is 29.5 Å². The molecule has 140 valence electrons. The average Bonchev–Trinajstić information content (AvgIpc) is 3.23. The summed E-state index contributed by atoms with van der Waals surface area (Å²) in [5.74, 6) is -0.741. The van der Waals surface area contributed by atoms with Crippen molar-refractivity contribution >= 4 is 17.6 Å². The highest BCUT2D eigenvalue weighted by Gasteiger charge is 2.23. The van der Waals surface area contributed by atoms with E-state index in [0.717, 1.165) is 5.69 Å². The first-order valence-electron chi connectivity index (χ1n) is 8.66. The smallest absolute Gasteiger partial charge is 0.340 e. The third-order valence-corrected chi connectivity index (χ3v) is 4.14. The standard InChI is InChI=1S/C20H22N4O3/c1-12(2)27-20(26)17-13(3)18(22-14(17)4)19(25)23-15-5-7-16(8-6-15)24-10-9-21-11-24/h5-12,22H,1-4H3,(H,23,25). The molecule has 0 aliphatic carbocycles. The normalized spacial score (nSPS) is 10.9. The lowest BCUT2D eigenvalue weighted by atomic mass is 10.1. The Hall–Kier alpha value is -3.35. The number of H-pyrrole nitrogens is 1. The highest BCUT2D eigenvalue weighted by molar-refractivity contribution is 6.06. The van der Waals surface area contributed by atoms with Crippen molar-refractivity contribution in [3.8, 4) is 5.69 Å². The van der Waals surface area contributed by atoms with Crippen molar-refractivity contribution < 1.29 is 14.3 Å². The molecule has 0 fully saturated rings. The lowest BCUT2D eigenvalue weighted by Gasteiger charge is -2.09. The van der Waals surface area contributed by atoms with Crippen LogP contribution in [0.4, 0.5) is 5.69 Å². The lowest BCUT2D eigenvalue weighted by molar-refractivity contribution is 0.0376. The number of amides is 1. The van der Waals surface area contributed by atoms with Crippen LogP contribution < -0.4 is 5.32 Å². The Morgan fingerprint density at radius 1 is 1.19 bits per heavy atom. The summed E-state index contributed by atoms with van der Waals surface area (Å²) in [5, 5.41) is 2.84. The Balaban J connectivity index is 1.77. The van der Waals surface area contributed by atoms with E-state index in [1.807, 2.05) is 35.0 Å². The number of ether oxygens (including phenoxy) is 1. The van der Waals surface area contributed by atoms with Crippen LogP contribution in [0.1, 0.15) is 46.0 Å². The zero-order chi connectivity index (χ0) is 19.6. The molecule has 0 radical (unpaired) electrons. The Labute approximate surface area is 157 Å². The molecule has 2 aromatic heterocycles. The van der Waals surface area contributed by atoms with Crippen LogP contribution in [0.15, 0.2) is 43.0 Å². The van der Waals surface area contributed by atoms with Crippen LogP contribution in [0.5, 0.6) is 0 Å². The molecular weight excluding hydrogens is 344 g/mol. The molecule has 2 N–H and O–H groups in total. The van der Waals surface area contributed by atoms with Gasteiger partial charge in [-0.15, -0.1) is 0 Å². The van der Waals surface area contributed by atoms with Crippen LogP contribution in [0.2, 0.25) is 0 Å². The molecule has 0 saturated heterocycles. The van der Waals surface area contributed by atoms with Crippen molar-refractivity contribution in [3.05, 3.63) is 65.5 Å². The second-order valence-electron chi connectivity index (χ2n) is 6.55. The highest BCUT2D eigenvalue weighted by Crippen LogP contribution is 2.21. The number of aromatic nitrogens is 3. The number of benzene rings is 1. The van der Waals surface area contributed by atoms with Crippen LogP contribution in [0.3, 0.4) is 0 Å². The van der Waals surface area contributed by atoms with Gasteiger partial charge in [0.2, 0.25) is 0 Å². The quantitative estimate of drug-likeness (QED) is 0.675. The number of nitrogens with zero attached hydrogens (tertiary/aromatic N) is 2. The lowest BCUT2D eigenvalue weighted by Crippen LogP contribution is -2.15.